The van der Waals surface area contributed by atoms with Crippen LogP contribution in [0.4, 0.5) is 0 Å². The van der Waals surface area contributed by atoms with Crippen LogP contribution in [-0.4, -0.2) is 56.0 Å². The minimum atomic E-state index is -0.233. The van der Waals surface area contributed by atoms with Crippen LogP contribution < -0.4 is 5.32 Å². The molecule has 7 heterocycles. The second kappa shape index (κ2) is 21.8. The smallest absolute Gasteiger partial charge is 0.238 e. The number of nitrogens with one attached hydrogen (secondary N) is 1. The van der Waals surface area contributed by atoms with Crippen molar-refractivity contribution in [3.8, 4) is 56.9 Å². The predicted molar refractivity (Wildman–Crippen MR) is 387 cm³/mol. The fourth-order valence-corrected chi connectivity index (χ4v) is 14.9. The van der Waals surface area contributed by atoms with Crippen LogP contribution in [0.2, 0.25) is 0 Å². The van der Waals surface area contributed by atoms with E-state index in [4.69, 9.17) is 24.9 Å². The molecular weight excluding hydrogens is 1160 g/mol. The number of fused-ring (bicyclic) bond motifs is 15. The number of hydrogen-bond donors (Lipinski definition) is 1. The molecule has 1 aliphatic rings. The van der Waals surface area contributed by atoms with Gasteiger partial charge < -0.3 is 19.0 Å². The molecule has 12 aromatic carbocycles. The van der Waals surface area contributed by atoms with E-state index in [0.717, 1.165) is 144 Å². The second-order valence-corrected chi connectivity index (χ2v) is 24.5. The van der Waals surface area contributed by atoms with Crippen LogP contribution in [0.25, 0.3) is 144 Å². The maximum Gasteiger partial charge on any atom is 0.238 e. The quantitative estimate of drug-likeness (QED) is 0.146. The molecule has 0 amide bonds. The van der Waals surface area contributed by atoms with E-state index in [-0.39, 0.29) is 12.3 Å². The molecule has 0 radical (unpaired) electrons. The van der Waals surface area contributed by atoms with Crippen LogP contribution in [0.5, 0.6) is 0 Å². The van der Waals surface area contributed by atoms with E-state index in [2.05, 4.69) is 302 Å². The lowest BCUT2D eigenvalue weighted by Crippen LogP contribution is -2.46. The number of amidine groups is 1. The highest BCUT2D eigenvalue weighted by atomic mass is 15.4. The van der Waals surface area contributed by atoms with Crippen molar-refractivity contribution < 1.29 is 0 Å². The van der Waals surface area contributed by atoms with Crippen LogP contribution in [0.1, 0.15) is 29.2 Å². The first-order valence-corrected chi connectivity index (χ1v) is 32.2. The predicted octanol–water partition coefficient (Wildman–Crippen LogP) is 19.3. The Balaban J connectivity index is 0.870. The first kappa shape index (κ1) is 54.2. The maximum atomic E-state index is 5.43. The molecule has 0 fully saturated rings. The van der Waals surface area contributed by atoms with Crippen molar-refractivity contribution in [2.24, 2.45) is 4.99 Å². The second-order valence-electron chi connectivity index (χ2n) is 24.5. The third-order valence-electron chi connectivity index (χ3n) is 19.1. The number of aliphatic imine (C=N–C) groups is 1. The molecule has 0 aliphatic carbocycles. The fraction of sp³-hybridized carbons (Fsp3) is 0.0357. The van der Waals surface area contributed by atoms with Crippen LogP contribution in [0, 0.1) is 0 Å². The summed E-state index contributed by atoms with van der Waals surface area (Å²) in [4.78, 5) is 28.7. The lowest BCUT2D eigenvalue weighted by Gasteiger charge is -2.39. The van der Waals surface area contributed by atoms with Crippen molar-refractivity contribution in [2.75, 3.05) is 7.05 Å². The van der Waals surface area contributed by atoms with Gasteiger partial charge in [0.05, 0.1) is 44.1 Å². The van der Waals surface area contributed by atoms with Crippen molar-refractivity contribution in [2.45, 2.75) is 12.3 Å². The van der Waals surface area contributed by atoms with Crippen LogP contribution >= 0.6 is 0 Å². The van der Waals surface area contributed by atoms with E-state index in [1.165, 1.54) is 5.39 Å². The number of para-hydroxylation sites is 4. The minimum absolute atomic E-state index is 0.140. The van der Waals surface area contributed by atoms with Gasteiger partial charge in [0.15, 0.2) is 17.5 Å². The zero-order chi connectivity index (χ0) is 62.7. The Hall–Kier alpha value is -12.6. The monoisotopic (exact) mass is 1220 g/mol. The summed E-state index contributed by atoms with van der Waals surface area (Å²) in [5, 5.41) is 12.8. The summed E-state index contributed by atoms with van der Waals surface area (Å²) in [5.41, 5.74) is 18.6. The van der Waals surface area contributed by atoms with Crippen LogP contribution in [0.15, 0.2) is 315 Å². The Morgan fingerprint density at radius 1 is 0.316 bits per heavy atom. The van der Waals surface area contributed by atoms with Gasteiger partial charge in [0.2, 0.25) is 5.95 Å². The van der Waals surface area contributed by atoms with E-state index in [1.54, 1.807) is 0 Å². The number of rotatable bonds is 10. The number of aromatic nitrogens is 8. The summed E-state index contributed by atoms with van der Waals surface area (Å²) in [5.74, 6) is 2.47. The van der Waals surface area contributed by atoms with Gasteiger partial charge in [-0.2, -0.15) is 9.97 Å². The molecule has 448 valence electrons. The third-order valence-corrected chi connectivity index (χ3v) is 19.1. The normalized spacial score (nSPS) is 14.5. The largest absolute Gasteiger partial charge is 0.349 e. The number of nitrogens with zero attached hydrogens (tertiary/aromatic N) is 10. The Kier molecular flexibility index (Phi) is 12.4. The highest BCUT2D eigenvalue weighted by Gasteiger charge is 2.33. The van der Waals surface area contributed by atoms with Crippen molar-refractivity contribution >= 4 is 93.1 Å². The van der Waals surface area contributed by atoms with Crippen molar-refractivity contribution in [3.05, 3.63) is 326 Å². The molecule has 6 aromatic heterocycles. The summed E-state index contributed by atoms with van der Waals surface area (Å²) in [6.45, 7) is 0. The first-order chi connectivity index (χ1) is 47.1. The molecule has 18 aromatic rings. The lowest BCUT2D eigenvalue weighted by molar-refractivity contribution is 0.152. The number of pyridine rings is 1. The summed E-state index contributed by atoms with van der Waals surface area (Å²) in [6.07, 6.45) is 1.54. The van der Waals surface area contributed by atoms with E-state index in [1.807, 2.05) is 42.6 Å². The molecule has 19 rings (SSSR count). The molecule has 11 heteroatoms. The molecule has 0 saturated heterocycles. The van der Waals surface area contributed by atoms with Gasteiger partial charge in [-0.25, -0.2) is 9.98 Å². The van der Waals surface area contributed by atoms with Gasteiger partial charge in [0, 0.05) is 77.5 Å². The number of benzene rings is 12. The average molecular weight is 1220 g/mol. The highest BCUT2D eigenvalue weighted by Crippen LogP contribution is 2.48. The van der Waals surface area contributed by atoms with Gasteiger partial charge in [-0.15, -0.1) is 0 Å². The number of hydrogen-bond acceptors (Lipinski definition) is 7. The topological polar surface area (TPSA) is 98.9 Å². The fourth-order valence-electron chi connectivity index (χ4n) is 14.9. The average Bonchev–Trinajstić information content (AvgIpc) is 1.50. The zero-order valence-electron chi connectivity index (χ0n) is 51.6. The maximum absolute atomic E-state index is 5.43. The molecule has 2 atom stereocenters. The summed E-state index contributed by atoms with van der Waals surface area (Å²) >= 11 is 0. The molecule has 0 spiro atoms. The summed E-state index contributed by atoms with van der Waals surface area (Å²) in [6, 6.07) is 108. The summed E-state index contributed by atoms with van der Waals surface area (Å²) in [7, 11) is 2.13. The van der Waals surface area contributed by atoms with E-state index < -0.39 is 0 Å². The Morgan fingerprint density at radius 2 is 0.716 bits per heavy atom. The van der Waals surface area contributed by atoms with Gasteiger partial charge in [0.25, 0.3) is 0 Å². The van der Waals surface area contributed by atoms with Gasteiger partial charge >= 0.3 is 0 Å². The summed E-state index contributed by atoms with van der Waals surface area (Å²) < 4.78 is 9.82. The standard InChI is InChI=1S/C84H57N11/c1-91-82(55-29-12-4-13-30-55)87-81(88-83(91)56-31-14-5-15-32-56)70-52-58(49-50-85-70)57-33-24-38-61(51-57)92-71-41-22-20-39-62(71)64-43-45-66-67-47-48-68-69-46-44-65-63-40-21-23-42-72(63)95(84-89-79(53-25-8-2-9-26-53)86-80(90-84)54-27-10-3-11-28-54)78(65)77(69)94(60-36-18-7-19-37-60)76(68)75(67)93(74(66)73(64)92)59-34-16-6-17-35-59/h2-52,82-83H,1H3,(H,87,88). The molecule has 11 nitrogen and oxygen atoms in total. The van der Waals surface area contributed by atoms with Crippen molar-refractivity contribution in [1.29, 1.82) is 0 Å². The Labute approximate surface area is 546 Å². The molecule has 1 aliphatic heterocycles. The van der Waals surface area contributed by atoms with E-state index in [0.29, 0.717) is 17.6 Å². The SMILES string of the molecule is CN1C(c2ccccc2)N=C(c2cc(-c3cccc(-n4c5ccccc5c5ccc6c7ccc8c9ccc%10c%11ccccc%11n(-c%11nc(-c%12ccccc%12)nc(-c%12ccccc%12)n%11)c%10c9n(-c9ccccc9)c8c7n(-c7ccccc7)c6c54)c3)ccn2)NC1c1ccccc1. The van der Waals surface area contributed by atoms with Crippen molar-refractivity contribution in [3.63, 3.8) is 0 Å². The molecular formula is C84H57N11. The molecule has 1 N–H and O–H groups in total. The van der Waals surface area contributed by atoms with Gasteiger partial charge in [-0.3, -0.25) is 14.5 Å². The van der Waals surface area contributed by atoms with Crippen LogP contribution in [0.3, 0.4) is 0 Å². The van der Waals surface area contributed by atoms with Gasteiger partial charge in [-0.05, 0) is 90.0 Å². The van der Waals surface area contributed by atoms with E-state index in [9.17, 15) is 0 Å². The lowest BCUT2D eigenvalue weighted by atomic mass is 10.0. The first-order valence-electron chi connectivity index (χ1n) is 32.2. The molecule has 0 bridgehead atoms. The molecule has 0 saturated carbocycles. The third kappa shape index (κ3) is 8.60. The Morgan fingerprint density at radius 3 is 1.24 bits per heavy atom. The van der Waals surface area contributed by atoms with Gasteiger partial charge in [-0.1, -0.05) is 243 Å². The van der Waals surface area contributed by atoms with Crippen LogP contribution in [-0.2, 0) is 0 Å². The zero-order valence-corrected chi connectivity index (χ0v) is 51.6. The van der Waals surface area contributed by atoms with E-state index >= 15 is 0 Å². The molecule has 95 heavy (non-hydrogen) atoms. The highest BCUT2D eigenvalue weighted by molar-refractivity contribution is 6.31. The minimum Gasteiger partial charge on any atom is -0.349 e. The molecule has 2 unspecified atom stereocenters. The van der Waals surface area contributed by atoms with Crippen molar-refractivity contribution in [1.82, 2.24) is 48.4 Å². The van der Waals surface area contributed by atoms with Gasteiger partial charge in [0.1, 0.15) is 18.0 Å². The Bertz CT molecular complexity index is 6020.